The number of aryl methyl sites for hydroxylation is 1. The fraction of sp³-hybridized carbons (Fsp3) is 0.529. The normalized spacial score (nSPS) is 19.8. The molecule has 1 aliphatic heterocycles. The van der Waals surface area contributed by atoms with E-state index < -0.39 is 0 Å². The summed E-state index contributed by atoms with van der Waals surface area (Å²) in [6, 6.07) is 6.22. The van der Waals surface area contributed by atoms with E-state index >= 15 is 0 Å². The highest BCUT2D eigenvalue weighted by Gasteiger charge is 2.21. The first-order chi connectivity index (χ1) is 10.2. The lowest BCUT2D eigenvalue weighted by atomic mass is 9.93. The fourth-order valence-electron chi connectivity index (χ4n) is 3.22. The summed E-state index contributed by atoms with van der Waals surface area (Å²) in [7, 11) is 2.01. The van der Waals surface area contributed by atoms with E-state index in [0.29, 0.717) is 0 Å². The second-order valence-corrected chi connectivity index (χ2v) is 6.15. The molecule has 0 spiro atoms. The minimum absolute atomic E-state index is 0.727. The highest BCUT2D eigenvalue weighted by Crippen LogP contribution is 2.22. The lowest BCUT2D eigenvalue weighted by Crippen LogP contribution is -2.35. The van der Waals surface area contributed by atoms with Gasteiger partial charge in [-0.3, -0.25) is 14.6 Å². The Balaban J connectivity index is 1.59. The number of pyridine rings is 1. The van der Waals surface area contributed by atoms with Crippen molar-refractivity contribution in [2.24, 2.45) is 13.0 Å². The molecule has 0 radical (unpaired) electrons. The first kappa shape index (κ1) is 14.3. The largest absolute Gasteiger partial charge is 0.299 e. The second-order valence-electron chi connectivity index (χ2n) is 6.15. The summed E-state index contributed by atoms with van der Waals surface area (Å²) >= 11 is 0. The third-order valence-corrected chi connectivity index (χ3v) is 4.56. The van der Waals surface area contributed by atoms with Crippen molar-refractivity contribution in [3.8, 4) is 0 Å². The SMILES string of the molecule is Cc1c(CN2CCC[C@H](Cc3ccccn3)C2)cnn1C. The molecule has 0 N–H and O–H groups in total. The van der Waals surface area contributed by atoms with Crippen LogP contribution in [0.3, 0.4) is 0 Å². The van der Waals surface area contributed by atoms with Gasteiger partial charge >= 0.3 is 0 Å². The first-order valence-corrected chi connectivity index (χ1v) is 7.82. The van der Waals surface area contributed by atoms with Gasteiger partial charge in [0.25, 0.3) is 0 Å². The molecule has 4 nitrogen and oxygen atoms in total. The van der Waals surface area contributed by atoms with Crippen LogP contribution in [0.2, 0.25) is 0 Å². The minimum Gasteiger partial charge on any atom is -0.299 e. The molecule has 2 aromatic rings. The summed E-state index contributed by atoms with van der Waals surface area (Å²) in [5.41, 5.74) is 3.86. The van der Waals surface area contributed by atoms with Crippen LogP contribution < -0.4 is 0 Å². The molecular weight excluding hydrogens is 260 g/mol. The third kappa shape index (κ3) is 3.50. The maximum Gasteiger partial charge on any atom is 0.0537 e. The smallest absolute Gasteiger partial charge is 0.0537 e. The van der Waals surface area contributed by atoms with E-state index in [-0.39, 0.29) is 0 Å². The predicted octanol–water partition coefficient (Wildman–Crippen LogP) is 2.58. The van der Waals surface area contributed by atoms with Gasteiger partial charge in [-0.05, 0) is 50.8 Å². The zero-order valence-corrected chi connectivity index (χ0v) is 13.0. The van der Waals surface area contributed by atoms with Gasteiger partial charge in [-0.25, -0.2) is 0 Å². The van der Waals surface area contributed by atoms with Crippen LogP contribution >= 0.6 is 0 Å². The maximum atomic E-state index is 4.47. The van der Waals surface area contributed by atoms with Gasteiger partial charge in [0, 0.05) is 43.3 Å². The molecule has 0 amide bonds. The molecule has 2 aromatic heterocycles. The lowest BCUT2D eigenvalue weighted by Gasteiger charge is -2.32. The van der Waals surface area contributed by atoms with Gasteiger partial charge in [-0.2, -0.15) is 5.10 Å². The van der Waals surface area contributed by atoms with Crippen molar-refractivity contribution in [3.05, 3.63) is 47.5 Å². The number of hydrogen-bond acceptors (Lipinski definition) is 3. The molecule has 1 atom stereocenters. The van der Waals surface area contributed by atoms with Crippen molar-refractivity contribution in [1.29, 1.82) is 0 Å². The highest BCUT2D eigenvalue weighted by molar-refractivity contribution is 5.15. The molecule has 0 saturated carbocycles. The third-order valence-electron chi connectivity index (χ3n) is 4.56. The number of rotatable bonds is 4. The number of nitrogens with zero attached hydrogens (tertiary/aromatic N) is 4. The summed E-state index contributed by atoms with van der Waals surface area (Å²) in [6.45, 7) is 5.55. The Morgan fingerprint density at radius 1 is 1.33 bits per heavy atom. The fourth-order valence-corrected chi connectivity index (χ4v) is 3.22. The van der Waals surface area contributed by atoms with E-state index in [2.05, 4.69) is 34.0 Å². The maximum absolute atomic E-state index is 4.47. The Hall–Kier alpha value is -1.68. The molecular formula is C17H24N4. The van der Waals surface area contributed by atoms with E-state index in [1.807, 2.05) is 30.2 Å². The molecule has 21 heavy (non-hydrogen) atoms. The summed E-state index contributed by atoms with van der Waals surface area (Å²) in [5.74, 6) is 0.727. The van der Waals surface area contributed by atoms with Crippen LogP contribution in [-0.4, -0.2) is 32.8 Å². The minimum atomic E-state index is 0.727. The average molecular weight is 284 g/mol. The van der Waals surface area contributed by atoms with Crippen molar-refractivity contribution >= 4 is 0 Å². The first-order valence-electron chi connectivity index (χ1n) is 7.82. The van der Waals surface area contributed by atoms with Gasteiger partial charge in [-0.15, -0.1) is 0 Å². The molecule has 0 aromatic carbocycles. The van der Waals surface area contributed by atoms with Crippen LogP contribution in [0.4, 0.5) is 0 Å². The van der Waals surface area contributed by atoms with E-state index in [4.69, 9.17) is 0 Å². The van der Waals surface area contributed by atoms with Gasteiger partial charge in [-0.1, -0.05) is 6.07 Å². The van der Waals surface area contributed by atoms with Gasteiger partial charge in [0.05, 0.1) is 6.20 Å². The molecule has 112 valence electrons. The van der Waals surface area contributed by atoms with Gasteiger partial charge in [0.1, 0.15) is 0 Å². The molecule has 3 heterocycles. The zero-order chi connectivity index (χ0) is 14.7. The van der Waals surface area contributed by atoms with Crippen LogP contribution in [0.15, 0.2) is 30.6 Å². The molecule has 0 aliphatic carbocycles. The van der Waals surface area contributed by atoms with Crippen molar-refractivity contribution in [1.82, 2.24) is 19.7 Å². The topological polar surface area (TPSA) is 34.0 Å². The van der Waals surface area contributed by atoms with Crippen LogP contribution in [0.25, 0.3) is 0 Å². The number of piperidine rings is 1. The number of likely N-dealkylation sites (tertiary alicyclic amines) is 1. The van der Waals surface area contributed by atoms with Crippen molar-refractivity contribution < 1.29 is 0 Å². The van der Waals surface area contributed by atoms with Gasteiger partial charge < -0.3 is 0 Å². The van der Waals surface area contributed by atoms with E-state index in [1.165, 1.54) is 42.9 Å². The van der Waals surface area contributed by atoms with Crippen LogP contribution in [0.1, 0.15) is 29.8 Å². The molecule has 1 saturated heterocycles. The quantitative estimate of drug-likeness (QED) is 0.865. The number of aromatic nitrogens is 3. The summed E-state index contributed by atoms with van der Waals surface area (Å²) in [4.78, 5) is 7.04. The molecule has 1 fully saturated rings. The Morgan fingerprint density at radius 3 is 2.95 bits per heavy atom. The van der Waals surface area contributed by atoms with E-state index in [9.17, 15) is 0 Å². The van der Waals surface area contributed by atoms with E-state index in [1.54, 1.807) is 0 Å². The zero-order valence-electron chi connectivity index (χ0n) is 13.0. The standard InChI is InChI=1S/C17H24N4/c1-14-16(11-19-20(14)2)13-21-9-5-6-15(12-21)10-17-7-3-4-8-18-17/h3-4,7-8,11,15H,5-6,9-10,12-13H2,1-2H3/t15-/m1/s1. The average Bonchev–Trinajstić information content (AvgIpc) is 2.81. The van der Waals surface area contributed by atoms with Crippen LogP contribution in [0.5, 0.6) is 0 Å². The Morgan fingerprint density at radius 2 is 2.24 bits per heavy atom. The molecule has 4 heteroatoms. The molecule has 1 aliphatic rings. The van der Waals surface area contributed by atoms with Gasteiger partial charge in [0.2, 0.25) is 0 Å². The van der Waals surface area contributed by atoms with Gasteiger partial charge in [0.15, 0.2) is 0 Å². The van der Waals surface area contributed by atoms with E-state index in [0.717, 1.165) is 18.9 Å². The van der Waals surface area contributed by atoms with Crippen molar-refractivity contribution in [2.45, 2.75) is 32.7 Å². The predicted molar refractivity (Wildman–Crippen MR) is 83.9 cm³/mol. The monoisotopic (exact) mass is 284 g/mol. The second kappa shape index (κ2) is 6.39. The van der Waals surface area contributed by atoms with Crippen molar-refractivity contribution in [3.63, 3.8) is 0 Å². The molecule has 0 bridgehead atoms. The Labute approximate surface area is 126 Å². The summed E-state index contributed by atoms with van der Waals surface area (Å²) in [6.07, 6.45) is 7.62. The summed E-state index contributed by atoms with van der Waals surface area (Å²) < 4.78 is 1.96. The van der Waals surface area contributed by atoms with Crippen LogP contribution in [0, 0.1) is 12.8 Å². The number of hydrogen-bond donors (Lipinski definition) is 0. The molecule has 3 rings (SSSR count). The van der Waals surface area contributed by atoms with Crippen molar-refractivity contribution in [2.75, 3.05) is 13.1 Å². The summed E-state index contributed by atoms with van der Waals surface area (Å²) in [5, 5.41) is 4.35. The Bertz CT molecular complexity index is 576. The lowest BCUT2D eigenvalue weighted by molar-refractivity contribution is 0.166. The Kier molecular flexibility index (Phi) is 4.34. The molecule has 0 unspecified atom stereocenters. The highest BCUT2D eigenvalue weighted by atomic mass is 15.3. The van der Waals surface area contributed by atoms with Crippen LogP contribution in [-0.2, 0) is 20.0 Å².